The van der Waals surface area contributed by atoms with Crippen LogP contribution in [0, 0.1) is 17.3 Å². The van der Waals surface area contributed by atoms with E-state index in [0.29, 0.717) is 37.6 Å². The molecule has 0 bridgehead atoms. The van der Waals surface area contributed by atoms with Crippen molar-refractivity contribution in [2.45, 2.75) is 78.6 Å². The highest BCUT2D eigenvalue weighted by atomic mass is 35.5. The summed E-state index contributed by atoms with van der Waals surface area (Å²) in [6.07, 6.45) is 5.42. The molecule has 0 spiro atoms. The number of aromatic nitrogens is 2. The molecular formula is C23H34ClN3O4. The van der Waals surface area contributed by atoms with E-state index in [4.69, 9.17) is 25.8 Å². The van der Waals surface area contributed by atoms with E-state index in [9.17, 15) is 4.79 Å². The van der Waals surface area contributed by atoms with Gasteiger partial charge in [0.05, 0.1) is 12.0 Å². The number of carbonyl (C=O) groups is 1. The maximum atomic E-state index is 12.5. The minimum atomic E-state index is -0.619. The van der Waals surface area contributed by atoms with Gasteiger partial charge in [-0.05, 0) is 70.4 Å². The Morgan fingerprint density at radius 3 is 2.48 bits per heavy atom. The van der Waals surface area contributed by atoms with Gasteiger partial charge in [-0.15, -0.1) is 0 Å². The van der Waals surface area contributed by atoms with Crippen LogP contribution in [0.1, 0.15) is 72.3 Å². The number of rotatable bonds is 9. The number of anilines is 1. The van der Waals surface area contributed by atoms with Crippen molar-refractivity contribution >= 4 is 23.4 Å². The molecule has 172 valence electrons. The minimum absolute atomic E-state index is 0.131. The monoisotopic (exact) mass is 451 g/mol. The van der Waals surface area contributed by atoms with Gasteiger partial charge < -0.3 is 19.5 Å². The lowest BCUT2D eigenvalue weighted by Crippen LogP contribution is -2.33. The second-order valence-electron chi connectivity index (χ2n) is 8.74. The van der Waals surface area contributed by atoms with E-state index >= 15 is 0 Å². The van der Waals surface area contributed by atoms with Gasteiger partial charge in [-0.2, -0.15) is 4.98 Å². The molecule has 1 aliphatic rings. The SMILES string of the molecule is CCOC(C#Cc1cnc(Cl)nc1NCC1(CC(=O)OC(C)(C)C)CCCC1)OCC. The largest absolute Gasteiger partial charge is 0.460 e. The Hall–Kier alpha value is -1.88. The van der Waals surface area contributed by atoms with E-state index in [1.165, 1.54) is 0 Å². The molecule has 0 saturated heterocycles. The van der Waals surface area contributed by atoms with Crippen LogP contribution in [0.25, 0.3) is 0 Å². The Morgan fingerprint density at radius 2 is 1.90 bits per heavy atom. The number of halogens is 1. The predicted molar refractivity (Wildman–Crippen MR) is 121 cm³/mol. The summed E-state index contributed by atoms with van der Waals surface area (Å²) in [5.74, 6) is 6.36. The van der Waals surface area contributed by atoms with Crippen LogP contribution in [0.3, 0.4) is 0 Å². The van der Waals surface area contributed by atoms with Crippen molar-refractivity contribution in [1.29, 1.82) is 0 Å². The summed E-state index contributed by atoms with van der Waals surface area (Å²) < 4.78 is 16.5. The van der Waals surface area contributed by atoms with E-state index in [-0.39, 0.29) is 16.7 Å². The third kappa shape index (κ3) is 8.64. The molecule has 0 aromatic carbocycles. The molecule has 0 aliphatic heterocycles. The summed E-state index contributed by atoms with van der Waals surface area (Å²) in [5.41, 5.74) is -0.0756. The fourth-order valence-electron chi connectivity index (χ4n) is 3.65. The molecular weight excluding hydrogens is 418 g/mol. The molecule has 1 aromatic rings. The van der Waals surface area contributed by atoms with Crippen molar-refractivity contribution in [1.82, 2.24) is 9.97 Å². The molecule has 0 radical (unpaired) electrons. The average Bonchev–Trinajstić information content (AvgIpc) is 3.12. The molecule has 7 nitrogen and oxygen atoms in total. The van der Waals surface area contributed by atoms with Crippen LogP contribution >= 0.6 is 11.6 Å². The normalized spacial score (nSPS) is 15.5. The molecule has 31 heavy (non-hydrogen) atoms. The van der Waals surface area contributed by atoms with Gasteiger partial charge >= 0.3 is 5.97 Å². The molecule has 1 fully saturated rings. The van der Waals surface area contributed by atoms with Crippen LogP contribution in [0.15, 0.2) is 6.20 Å². The Bertz CT molecular complexity index is 786. The standard InChI is InChI=1S/C23H34ClN3O4/c1-6-29-19(30-7-2)11-10-17-15-25-21(24)27-20(17)26-16-23(12-8-9-13-23)14-18(28)31-22(3,4)5/h15,19H,6-9,12-14,16H2,1-5H3,(H,25,26,27). The summed E-state index contributed by atoms with van der Waals surface area (Å²) >= 11 is 6.03. The van der Waals surface area contributed by atoms with Gasteiger partial charge in [-0.25, -0.2) is 4.98 Å². The van der Waals surface area contributed by atoms with Crippen LogP contribution in [-0.4, -0.2) is 47.6 Å². The van der Waals surface area contributed by atoms with Crippen LogP contribution in [0.2, 0.25) is 5.28 Å². The third-order valence-electron chi connectivity index (χ3n) is 4.95. The first-order valence-corrected chi connectivity index (χ1v) is 11.3. The zero-order valence-electron chi connectivity index (χ0n) is 19.2. The first-order chi connectivity index (χ1) is 14.7. The number of esters is 1. The van der Waals surface area contributed by atoms with Gasteiger partial charge in [0.1, 0.15) is 11.4 Å². The summed E-state index contributed by atoms with van der Waals surface area (Å²) in [7, 11) is 0. The highest BCUT2D eigenvalue weighted by Crippen LogP contribution is 2.42. The second-order valence-corrected chi connectivity index (χ2v) is 9.08. The van der Waals surface area contributed by atoms with Gasteiger partial charge in [0.15, 0.2) is 0 Å². The number of nitrogens with zero attached hydrogens (tertiary/aromatic N) is 2. The summed E-state index contributed by atoms with van der Waals surface area (Å²) in [6.45, 7) is 11.0. The number of hydrogen-bond donors (Lipinski definition) is 1. The maximum Gasteiger partial charge on any atom is 0.306 e. The first kappa shape index (κ1) is 25.4. The lowest BCUT2D eigenvalue weighted by atomic mass is 9.82. The second kappa shape index (κ2) is 11.7. The van der Waals surface area contributed by atoms with Crippen molar-refractivity contribution in [3.8, 4) is 11.8 Å². The van der Waals surface area contributed by atoms with E-state index in [1.807, 2.05) is 34.6 Å². The first-order valence-electron chi connectivity index (χ1n) is 10.9. The summed E-state index contributed by atoms with van der Waals surface area (Å²) in [6, 6.07) is 0. The zero-order valence-corrected chi connectivity index (χ0v) is 20.0. The van der Waals surface area contributed by atoms with Crippen LogP contribution in [0.4, 0.5) is 5.82 Å². The Labute approximate surface area is 190 Å². The molecule has 1 N–H and O–H groups in total. The average molecular weight is 452 g/mol. The lowest BCUT2D eigenvalue weighted by molar-refractivity contribution is -0.157. The quantitative estimate of drug-likeness (QED) is 0.254. The molecule has 0 amide bonds. The fourth-order valence-corrected chi connectivity index (χ4v) is 3.79. The molecule has 1 aliphatic carbocycles. The van der Waals surface area contributed by atoms with Crippen molar-refractivity contribution in [2.24, 2.45) is 5.41 Å². The Kier molecular flexibility index (Phi) is 9.54. The molecule has 1 aromatic heterocycles. The molecule has 0 unspecified atom stereocenters. The van der Waals surface area contributed by atoms with Crippen molar-refractivity contribution in [3.05, 3.63) is 17.0 Å². The smallest absolute Gasteiger partial charge is 0.306 e. The maximum absolute atomic E-state index is 12.5. The van der Waals surface area contributed by atoms with E-state index in [1.54, 1.807) is 6.20 Å². The van der Waals surface area contributed by atoms with Crippen LogP contribution < -0.4 is 5.32 Å². The number of carbonyl (C=O) groups excluding carboxylic acids is 1. The van der Waals surface area contributed by atoms with Crippen molar-refractivity contribution in [3.63, 3.8) is 0 Å². The molecule has 8 heteroatoms. The number of ether oxygens (including phenoxy) is 3. The lowest BCUT2D eigenvalue weighted by Gasteiger charge is -2.30. The van der Waals surface area contributed by atoms with Crippen molar-refractivity contribution in [2.75, 3.05) is 25.1 Å². The van der Waals surface area contributed by atoms with Crippen LogP contribution in [0.5, 0.6) is 0 Å². The zero-order chi connectivity index (χ0) is 22.9. The summed E-state index contributed by atoms with van der Waals surface area (Å²) in [5, 5.41) is 3.50. The predicted octanol–water partition coefficient (Wildman–Crippen LogP) is 4.58. The highest BCUT2D eigenvalue weighted by Gasteiger charge is 2.37. The molecule has 1 heterocycles. The van der Waals surface area contributed by atoms with Gasteiger partial charge in [0, 0.05) is 26.0 Å². The topological polar surface area (TPSA) is 82.6 Å². The number of nitrogens with one attached hydrogen (secondary N) is 1. The van der Waals surface area contributed by atoms with E-state index < -0.39 is 11.9 Å². The molecule has 0 atom stereocenters. The van der Waals surface area contributed by atoms with E-state index in [0.717, 1.165) is 25.7 Å². The highest BCUT2D eigenvalue weighted by molar-refractivity contribution is 6.28. The van der Waals surface area contributed by atoms with Gasteiger partial charge in [-0.3, -0.25) is 4.79 Å². The Balaban J connectivity index is 2.15. The van der Waals surface area contributed by atoms with Crippen LogP contribution in [-0.2, 0) is 19.0 Å². The van der Waals surface area contributed by atoms with E-state index in [2.05, 4.69) is 27.1 Å². The minimum Gasteiger partial charge on any atom is -0.460 e. The number of hydrogen-bond acceptors (Lipinski definition) is 7. The third-order valence-corrected chi connectivity index (χ3v) is 5.14. The summed E-state index contributed by atoms with van der Waals surface area (Å²) in [4.78, 5) is 20.9. The molecule has 1 saturated carbocycles. The van der Waals surface area contributed by atoms with Gasteiger partial charge in [0.2, 0.25) is 11.6 Å². The van der Waals surface area contributed by atoms with Crippen molar-refractivity contribution < 1.29 is 19.0 Å². The van der Waals surface area contributed by atoms with Gasteiger partial charge in [-0.1, -0.05) is 18.8 Å². The van der Waals surface area contributed by atoms with Gasteiger partial charge in [0.25, 0.3) is 0 Å². The fraction of sp³-hybridized carbons (Fsp3) is 0.696. The Morgan fingerprint density at radius 1 is 1.26 bits per heavy atom. The molecule has 2 rings (SSSR count).